The van der Waals surface area contributed by atoms with Crippen molar-refractivity contribution in [2.24, 2.45) is 0 Å². The summed E-state index contributed by atoms with van der Waals surface area (Å²) in [5, 5.41) is 5.89. The number of benzene rings is 2. The standard InChI is InChI=1S/C21H15ClF3N5OS/c1-10-16(17-18(26)27-9-28-19(17)32-10)11-5-6-15(14(22)7-11)30-20(31)29-13-4-2-3-12(8-13)21(23,24)25/h2-9H,1H3,(H2,26,27,28)(H2,29,30,31). The van der Waals surface area contributed by atoms with Gasteiger partial charge in [0.05, 0.1) is 21.7 Å². The number of rotatable bonds is 3. The predicted octanol–water partition coefficient (Wildman–Crippen LogP) is 6.57. The maximum atomic E-state index is 12.8. The quantitative estimate of drug-likeness (QED) is 0.311. The third-order valence-electron chi connectivity index (χ3n) is 4.65. The van der Waals surface area contributed by atoms with Crippen molar-refractivity contribution in [3.8, 4) is 11.1 Å². The number of carbonyl (C=O) groups excluding carboxylic acids is 1. The van der Waals surface area contributed by atoms with Gasteiger partial charge in [0.15, 0.2) is 0 Å². The number of nitrogens with zero attached hydrogens (tertiary/aromatic N) is 2. The Bertz CT molecular complexity index is 1340. The van der Waals surface area contributed by atoms with E-state index in [-0.39, 0.29) is 10.7 Å². The van der Waals surface area contributed by atoms with Gasteiger partial charge in [-0.25, -0.2) is 14.8 Å². The number of nitrogen functional groups attached to an aromatic ring is 1. The Labute approximate surface area is 189 Å². The van der Waals surface area contributed by atoms with Gasteiger partial charge in [-0.2, -0.15) is 13.2 Å². The third kappa shape index (κ3) is 4.32. The molecule has 0 saturated heterocycles. The fourth-order valence-corrected chi connectivity index (χ4v) is 4.49. The van der Waals surface area contributed by atoms with E-state index < -0.39 is 17.8 Å². The monoisotopic (exact) mass is 477 g/mol. The van der Waals surface area contributed by atoms with Crippen LogP contribution in [-0.4, -0.2) is 16.0 Å². The molecule has 0 fully saturated rings. The van der Waals surface area contributed by atoms with Crippen molar-refractivity contribution in [1.82, 2.24) is 9.97 Å². The highest BCUT2D eigenvalue weighted by Gasteiger charge is 2.30. The zero-order valence-corrected chi connectivity index (χ0v) is 18.0. The Kier molecular flexibility index (Phi) is 5.66. The number of hydrogen-bond donors (Lipinski definition) is 3. The molecule has 4 aromatic rings. The highest BCUT2D eigenvalue weighted by molar-refractivity contribution is 7.19. The van der Waals surface area contributed by atoms with Crippen LogP contribution in [0.2, 0.25) is 5.02 Å². The van der Waals surface area contributed by atoms with E-state index in [2.05, 4.69) is 20.6 Å². The number of aryl methyl sites for hydroxylation is 1. The number of carbonyl (C=O) groups is 1. The number of alkyl halides is 3. The van der Waals surface area contributed by atoms with E-state index in [1.807, 2.05) is 6.92 Å². The van der Waals surface area contributed by atoms with Crippen LogP contribution < -0.4 is 16.4 Å². The zero-order valence-electron chi connectivity index (χ0n) is 16.4. The molecule has 0 spiro atoms. The SMILES string of the molecule is Cc1sc2ncnc(N)c2c1-c1ccc(NC(=O)Nc2cccc(C(F)(F)F)c2)c(Cl)c1. The van der Waals surface area contributed by atoms with E-state index in [4.69, 9.17) is 17.3 Å². The molecule has 0 saturated carbocycles. The Hall–Kier alpha value is -3.37. The lowest BCUT2D eigenvalue weighted by atomic mass is 10.0. The Morgan fingerprint density at radius 3 is 2.62 bits per heavy atom. The van der Waals surface area contributed by atoms with Crippen LogP contribution in [0.1, 0.15) is 10.4 Å². The van der Waals surface area contributed by atoms with Gasteiger partial charge in [-0.05, 0) is 42.8 Å². The lowest BCUT2D eigenvalue weighted by molar-refractivity contribution is -0.137. The van der Waals surface area contributed by atoms with E-state index in [0.29, 0.717) is 11.5 Å². The second-order valence-electron chi connectivity index (χ2n) is 6.82. The van der Waals surface area contributed by atoms with Crippen LogP contribution in [0.15, 0.2) is 48.8 Å². The molecule has 164 valence electrons. The minimum absolute atomic E-state index is 0.000843. The van der Waals surface area contributed by atoms with Crippen molar-refractivity contribution < 1.29 is 18.0 Å². The van der Waals surface area contributed by atoms with E-state index in [1.165, 1.54) is 29.8 Å². The summed E-state index contributed by atoms with van der Waals surface area (Å²) in [5.74, 6) is 0.355. The van der Waals surface area contributed by atoms with Gasteiger partial charge >= 0.3 is 12.2 Å². The molecule has 0 radical (unpaired) electrons. The summed E-state index contributed by atoms with van der Waals surface area (Å²) in [6, 6.07) is 8.64. The summed E-state index contributed by atoms with van der Waals surface area (Å²) in [7, 11) is 0. The largest absolute Gasteiger partial charge is 0.416 e. The molecule has 2 heterocycles. The topological polar surface area (TPSA) is 92.9 Å². The number of amides is 2. The molecule has 0 unspecified atom stereocenters. The molecule has 6 nitrogen and oxygen atoms in total. The van der Waals surface area contributed by atoms with Crippen molar-refractivity contribution in [1.29, 1.82) is 0 Å². The summed E-state index contributed by atoms with van der Waals surface area (Å²) in [6.45, 7) is 1.93. The number of nitrogens with two attached hydrogens (primary N) is 1. The highest BCUT2D eigenvalue weighted by atomic mass is 35.5. The average Bonchev–Trinajstić information content (AvgIpc) is 3.06. The van der Waals surface area contributed by atoms with Gasteiger partial charge in [-0.1, -0.05) is 23.7 Å². The molecule has 0 aliphatic heterocycles. The molecule has 32 heavy (non-hydrogen) atoms. The first-order valence-corrected chi connectivity index (χ1v) is 10.4. The Morgan fingerprint density at radius 2 is 1.91 bits per heavy atom. The second kappa shape index (κ2) is 8.29. The molecular weight excluding hydrogens is 463 g/mol. The Balaban J connectivity index is 1.56. The minimum atomic E-state index is -4.51. The summed E-state index contributed by atoms with van der Waals surface area (Å²) in [4.78, 5) is 22.3. The number of nitrogens with one attached hydrogen (secondary N) is 2. The van der Waals surface area contributed by atoms with Crippen LogP contribution in [0.4, 0.5) is 35.2 Å². The summed E-state index contributed by atoms with van der Waals surface area (Å²) in [6.07, 6.45) is -3.11. The van der Waals surface area contributed by atoms with Crippen LogP contribution in [0.3, 0.4) is 0 Å². The van der Waals surface area contributed by atoms with Gasteiger partial charge in [0.1, 0.15) is 17.0 Å². The molecule has 11 heteroatoms. The fraction of sp³-hybridized carbons (Fsp3) is 0.0952. The first-order valence-electron chi connectivity index (χ1n) is 9.18. The minimum Gasteiger partial charge on any atom is -0.383 e. The van der Waals surface area contributed by atoms with E-state index in [0.717, 1.165) is 38.4 Å². The van der Waals surface area contributed by atoms with Crippen LogP contribution in [0.5, 0.6) is 0 Å². The summed E-state index contributed by atoms with van der Waals surface area (Å²) >= 11 is 7.85. The number of hydrogen-bond acceptors (Lipinski definition) is 5. The van der Waals surface area contributed by atoms with Gasteiger partial charge in [-0.3, -0.25) is 0 Å². The van der Waals surface area contributed by atoms with Gasteiger partial charge in [0.25, 0.3) is 0 Å². The third-order valence-corrected chi connectivity index (χ3v) is 5.97. The first kappa shape index (κ1) is 21.8. The van der Waals surface area contributed by atoms with E-state index in [1.54, 1.807) is 18.2 Å². The first-order chi connectivity index (χ1) is 15.1. The number of halogens is 4. The number of aromatic nitrogens is 2. The fourth-order valence-electron chi connectivity index (χ4n) is 3.24. The number of thiophene rings is 1. The van der Waals surface area contributed by atoms with Crippen molar-refractivity contribution in [2.75, 3.05) is 16.4 Å². The second-order valence-corrected chi connectivity index (χ2v) is 8.44. The van der Waals surface area contributed by atoms with Crippen molar-refractivity contribution >= 4 is 56.4 Å². The summed E-state index contributed by atoms with van der Waals surface area (Å²) < 4.78 is 38.5. The number of anilines is 3. The van der Waals surface area contributed by atoms with Crippen LogP contribution in [0.25, 0.3) is 21.3 Å². The highest BCUT2D eigenvalue weighted by Crippen LogP contribution is 2.41. The summed E-state index contributed by atoms with van der Waals surface area (Å²) in [5.41, 5.74) is 7.09. The molecule has 4 N–H and O–H groups in total. The Morgan fingerprint density at radius 1 is 1.12 bits per heavy atom. The van der Waals surface area contributed by atoms with Crippen LogP contribution >= 0.6 is 22.9 Å². The van der Waals surface area contributed by atoms with E-state index >= 15 is 0 Å². The van der Waals surface area contributed by atoms with Gasteiger partial charge in [-0.15, -0.1) is 11.3 Å². The maximum absolute atomic E-state index is 12.8. The van der Waals surface area contributed by atoms with Crippen LogP contribution in [0, 0.1) is 6.92 Å². The molecule has 0 bridgehead atoms. The number of urea groups is 1. The van der Waals surface area contributed by atoms with Crippen LogP contribution in [-0.2, 0) is 6.18 Å². The predicted molar refractivity (Wildman–Crippen MR) is 121 cm³/mol. The molecular formula is C21H15ClF3N5OS. The average molecular weight is 478 g/mol. The smallest absolute Gasteiger partial charge is 0.383 e. The number of fused-ring (bicyclic) bond motifs is 1. The molecule has 4 rings (SSSR count). The van der Waals surface area contributed by atoms with Gasteiger partial charge in [0.2, 0.25) is 0 Å². The normalized spacial score (nSPS) is 11.5. The molecule has 2 amide bonds. The molecule has 0 aliphatic rings. The maximum Gasteiger partial charge on any atom is 0.416 e. The molecule has 0 aliphatic carbocycles. The van der Waals surface area contributed by atoms with Gasteiger partial charge in [0, 0.05) is 16.1 Å². The lowest BCUT2D eigenvalue weighted by Crippen LogP contribution is -2.20. The van der Waals surface area contributed by atoms with Crippen molar-refractivity contribution in [3.63, 3.8) is 0 Å². The zero-order chi connectivity index (χ0) is 23.0. The van der Waals surface area contributed by atoms with E-state index in [9.17, 15) is 18.0 Å². The van der Waals surface area contributed by atoms with Crippen molar-refractivity contribution in [3.05, 3.63) is 64.3 Å². The molecule has 0 atom stereocenters. The lowest BCUT2D eigenvalue weighted by Gasteiger charge is -2.12. The molecule has 2 aromatic heterocycles. The van der Waals surface area contributed by atoms with Crippen molar-refractivity contribution in [2.45, 2.75) is 13.1 Å². The molecule has 2 aromatic carbocycles. The van der Waals surface area contributed by atoms with Gasteiger partial charge < -0.3 is 16.4 Å².